The summed E-state index contributed by atoms with van der Waals surface area (Å²) in [6.45, 7) is 3.32. The Morgan fingerprint density at radius 3 is 2.81 bits per heavy atom. The molecule has 1 atom stereocenters. The Labute approximate surface area is 156 Å². The Morgan fingerprint density at radius 2 is 2.00 bits per heavy atom. The predicted octanol–water partition coefficient (Wildman–Crippen LogP) is 3.40. The topological polar surface area (TPSA) is 84.4 Å². The number of pyridine rings is 1. The maximum absolute atomic E-state index is 11.3. The van der Waals surface area contributed by atoms with Crippen molar-refractivity contribution in [2.75, 3.05) is 19.6 Å². The van der Waals surface area contributed by atoms with E-state index in [9.17, 15) is 10.1 Å². The van der Waals surface area contributed by atoms with E-state index in [2.05, 4.69) is 15.2 Å². The molecule has 3 aromatic rings. The van der Waals surface area contributed by atoms with Gasteiger partial charge in [-0.05, 0) is 35.9 Å². The molecule has 27 heavy (non-hydrogen) atoms. The fourth-order valence-corrected chi connectivity index (χ4v) is 3.50. The van der Waals surface area contributed by atoms with Gasteiger partial charge in [0.05, 0.1) is 17.0 Å². The van der Waals surface area contributed by atoms with Crippen molar-refractivity contribution in [2.45, 2.75) is 12.6 Å². The zero-order valence-corrected chi connectivity index (χ0v) is 14.7. The van der Waals surface area contributed by atoms with Crippen molar-refractivity contribution in [3.8, 4) is 11.3 Å². The van der Waals surface area contributed by atoms with Gasteiger partial charge in [-0.15, -0.1) is 0 Å². The van der Waals surface area contributed by atoms with Gasteiger partial charge in [0, 0.05) is 44.1 Å². The highest BCUT2D eigenvalue weighted by molar-refractivity contribution is 5.69. The number of benzene rings is 1. The zero-order valence-electron chi connectivity index (χ0n) is 14.7. The summed E-state index contributed by atoms with van der Waals surface area (Å²) in [4.78, 5) is 17.3. The fourth-order valence-electron chi connectivity index (χ4n) is 3.50. The standard InChI is InChI=1S/C20H20N4O3/c25-24(26)18-4-2-1-3-17(18)20-6-5-16(27-20)14-23-12-11-22-13-19(23)15-7-9-21-10-8-15/h1-10,19,22H,11-14H2. The molecular weight excluding hydrogens is 344 g/mol. The second kappa shape index (κ2) is 7.69. The summed E-state index contributed by atoms with van der Waals surface area (Å²) in [5, 5.41) is 14.7. The van der Waals surface area contributed by atoms with Crippen LogP contribution in [0.25, 0.3) is 11.3 Å². The molecule has 1 saturated heterocycles. The highest BCUT2D eigenvalue weighted by Crippen LogP contribution is 2.32. The largest absolute Gasteiger partial charge is 0.459 e. The lowest BCUT2D eigenvalue weighted by atomic mass is 10.0. The number of nitrogens with one attached hydrogen (secondary N) is 1. The second-order valence-electron chi connectivity index (χ2n) is 6.51. The first-order valence-electron chi connectivity index (χ1n) is 8.89. The van der Waals surface area contributed by atoms with E-state index >= 15 is 0 Å². The van der Waals surface area contributed by atoms with E-state index in [4.69, 9.17) is 4.42 Å². The average molecular weight is 364 g/mol. The fraction of sp³-hybridized carbons (Fsp3) is 0.250. The number of aromatic nitrogens is 1. The van der Waals surface area contributed by atoms with Crippen molar-refractivity contribution < 1.29 is 9.34 Å². The molecule has 7 nitrogen and oxygen atoms in total. The Hall–Kier alpha value is -3.03. The third-order valence-electron chi connectivity index (χ3n) is 4.83. The summed E-state index contributed by atoms with van der Waals surface area (Å²) < 4.78 is 5.97. The highest BCUT2D eigenvalue weighted by Gasteiger charge is 2.25. The Balaban J connectivity index is 1.56. The van der Waals surface area contributed by atoms with E-state index in [1.165, 1.54) is 11.6 Å². The molecule has 7 heteroatoms. The molecule has 4 rings (SSSR count). The summed E-state index contributed by atoms with van der Waals surface area (Å²) in [6.07, 6.45) is 3.61. The SMILES string of the molecule is O=[N+]([O-])c1ccccc1-c1ccc(CN2CCNCC2c2ccncc2)o1. The smallest absolute Gasteiger partial charge is 0.280 e. The van der Waals surface area contributed by atoms with Crippen molar-refractivity contribution in [1.29, 1.82) is 0 Å². The molecule has 3 heterocycles. The van der Waals surface area contributed by atoms with E-state index in [-0.39, 0.29) is 16.7 Å². The van der Waals surface area contributed by atoms with Crippen LogP contribution in [0.1, 0.15) is 17.4 Å². The summed E-state index contributed by atoms with van der Waals surface area (Å²) in [5.74, 6) is 1.32. The van der Waals surface area contributed by atoms with Gasteiger partial charge in [0.2, 0.25) is 0 Å². The molecule has 0 amide bonds. The Kier molecular flexibility index (Phi) is 4.95. The highest BCUT2D eigenvalue weighted by atomic mass is 16.6. The molecule has 1 unspecified atom stereocenters. The van der Waals surface area contributed by atoms with Crippen LogP contribution in [-0.4, -0.2) is 34.4 Å². The van der Waals surface area contributed by atoms with Crippen LogP contribution >= 0.6 is 0 Å². The van der Waals surface area contributed by atoms with E-state index in [0.717, 1.165) is 25.4 Å². The maximum atomic E-state index is 11.3. The van der Waals surface area contributed by atoms with Gasteiger partial charge >= 0.3 is 0 Å². The lowest BCUT2D eigenvalue weighted by Crippen LogP contribution is -2.45. The molecule has 2 aromatic heterocycles. The molecule has 0 saturated carbocycles. The second-order valence-corrected chi connectivity index (χ2v) is 6.51. The zero-order chi connectivity index (χ0) is 18.6. The van der Waals surface area contributed by atoms with Gasteiger partial charge in [-0.1, -0.05) is 12.1 Å². The number of nitro groups is 1. The molecule has 1 N–H and O–H groups in total. The average Bonchev–Trinajstić information content (AvgIpc) is 3.17. The number of para-hydroxylation sites is 1. The Bertz CT molecular complexity index is 926. The quantitative estimate of drug-likeness (QED) is 0.552. The third-order valence-corrected chi connectivity index (χ3v) is 4.83. The number of hydrogen-bond acceptors (Lipinski definition) is 6. The monoisotopic (exact) mass is 364 g/mol. The van der Waals surface area contributed by atoms with Gasteiger partial charge in [-0.25, -0.2) is 0 Å². The van der Waals surface area contributed by atoms with Crippen LogP contribution in [0.4, 0.5) is 5.69 Å². The van der Waals surface area contributed by atoms with Crippen molar-refractivity contribution in [3.63, 3.8) is 0 Å². The molecule has 0 radical (unpaired) electrons. The minimum Gasteiger partial charge on any atom is -0.459 e. The lowest BCUT2D eigenvalue weighted by molar-refractivity contribution is -0.384. The van der Waals surface area contributed by atoms with Crippen molar-refractivity contribution in [2.24, 2.45) is 0 Å². The number of piperazine rings is 1. The van der Waals surface area contributed by atoms with E-state index < -0.39 is 0 Å². The van der Waals surface area contributed by atoms with E-state index in [1.807, 2.05) is 30.6 Å². The van der Waals surface area contributed by atoms with Crippen LogP contribution in [0.3, 0.4) is 0 Å². The maximum Gasteiger partial charge on any atom is 0.280 e. The minimum absolute atomic E-state index is 0.0511. The number of hydrogen-bond donors (Lipinski definition) is 1. The van der Waals surface area contributed by atoms with Gasteiger partial charge in [-0.2, -0.15) is 0 Å². The number of nitrogens with zero attached hydrogens (tertiary/aromatic N) is 3. The molecule has 0 bridgehead atoms. The number of rotatable bonds is 5. The van der Waals surface area contributed by atoms with Gasteiger partial charge in [0.25, 0.3) is 5.69 Å². The van der Waals surface area contributed by atoms with Crippen LogP contribution < -0.4 is 5.32 Å². The summed E-state index contributed by atoms with van der Waals surface area (Å²) in [5.41, 5.74) is 1.76. The van der Waals surface area contributed by atoms with Gasteiger partial charge in [0.15, 0.2) is 0 Å². The van der Waals surface area contributed by atoms with Gasteiger partial charge in [0.1, 0.15) is 11.5 Å². The normalized spacial score (nSPS) is 17.7. The van der Waals surface area contributed by atoms with Crippen molar-refractivity contribution in [1.82, 2.24) is 15.2 Å². The summed E-state index contributed by atoms with van der Waals surface area (Å²) in [7, 11) is 0. The van der Waals surface area contributed by atoms with Gasteiger partial charge in [-0.3, -0.25) is 20.0 Å². The molecule has 138 valence electrons. The number of furan rings is 1. The molecule has 1 aromatic carbocycles. The van der Waals surface area contributed by atoms with Crippen LogP contribution in [0.5, 0.6) is 0 Å². The van der Waals surface area contributed by atoms with Crippen molar-refractivity contribution in [3.05, 3.63) is 82.4 Å². The third kappa shape index (κ3) is 3.74. The van der Waals surface area contributed by atoms with Crippen LogP contribution in [0, 0.1) is 10.1 Å². The first-order chi connectivity index (χ1) is 13.2. The lowest BCUT2D eigenvalue weighted by Gasteiger charge is -2.35. The first kappa shape index (κ1) is 17.4. The first-order valence-corrected chi connectivity index (χ1v) is 8.89. The molecule has 1 aliphatic heterocycles. The van der Waals surface area contributed by atoms with Crippen molar-refractivity contribution >= 4 is 5.69 Å². The molecule has 0 aliphatic carbocycles. The van der Waals surface area contributed by atoms with Crippen LogP contribution in [0.2, 0.25) is 0 Å². The van der Waals surface area contributed by atoms with Crippen LogP contribution in [-0.2, 0) is 6.54 Å². The molecule has 0 spiro atoms. The van der Waals surface area contributed by atoms with Crippen LogP contribution in [0.15, 0.2) is 65.3 Å². The van der Waals surface area contributed by atoms with E-state index in [0.29, 0.717) is 17.9 Å². The minimum atomic E-state index is -0.382. The Morgan fingerprint density at radius 1 is 1.19 bits per heavy atom. The predicted molar refractivity (Wildman–Crippen MR) is 101 cm³/mol. The molecular formula is C20H20N4O3. The van der Waals surface area contributed by atoms with E-state index in [1.54, 1.807) is 24.3 Å². The summed E-state index contributed by atoms with van der Waals surface area (Å²) >= 11 is 0. The molecule has 1 fully saturated rings. The molecule has 1 aliphatic rings. The number of nitro benzene ring substituents is 1. The summed E-state index contributed by atoms with van der Waals surface area (Å²) in [6, 6.07) is 14.7. The van der Waals surface area contributed by atoms with Gasteiger partial charge < -0.3 is 9.73 Å².